The van der Waals surface area contributed by atoms with E-state index < -0.39 is 0 Å². The zero-order valence-corrected chi connectivity index (χ0v) is 17.6. The van der Waals surface area contributed by atoms with Gasteiger partial charge >= 0.3 is 0 Å². The second kappa shape index (κ2) is 9.99. The van der Waals surface area contributed by atoms with Gasteiger partial charge < -0.3 is 19.7 Å². The highest BCUT2D eigenvalue weighted by Gasteiger charge is 2.34. The Morgan fingerprint density at radius 3 is 2.34 bits per heavy atom. The first-order valence-electron chi connectivity index (χ1n) is 10.4. The maximum Gasteiger partial charge on any atom is 0.200 e. The number of phenolic OH excluding ortho intramolecular Hbond substituents is 1. The summed E-state index contributed by atoms with van der Waals surface area (Å²) >= 11 is 0. The predicted molar refractivity (Wildman–Crippen MR) is 115 cm³/mol. The molecule has 0 aliphatic carbocycles. The molecule has 0 bridgehead atoms. The van der Waals surface area contributed by atoms with Crippen LogP contribution < -0.4 is 9.47 Å². The van der Waals surface area contributed by atoms with Crippen LogP contribution in [0.1, 0.15) is 36.8 Å². The third-order valence-corrected chi connectivity index (χ3v) is 6.04. The largest absolute Gasteiger partial charge is 0.502 e. The third-order valence-electron chi connectivity index (χ3n) is 6.04. The van der Waals surface area contributed by atoms with E-state index >= 15 is 0 Å². The number of aliphatic hydroxyl groups excluding tert-OH is 1. The number of methoxy groups -OCH3 is 2. The summed E-state index contributed by atoms with van der Waals surface area (Å²) in [4.78, 5) is 2.40. The molecule has 2 N–H and O–H groups in total. The second-order valence-electron chi connectivity index (χ2n) is 8.16. The van der Waals surface area contributed by atoms with E-state index in [0.29, 0.717) is 11.5 Å². The number of ether oxygens (including phenoxy) is 2. The molecule has 0 aromatic heterocycles. The summed E-state index contributed by atoms with van der Waals surface area (Å²) in [6.07, 6.45) is 5.31. The van der Waals surface area contributed by atoms with Crippen molar-refractivity contribution in [3.8, 4) is 17.2 Å². The Morgan fingerprint density at radius 1 is 1.03 bits per heavy atom. The van der Waals surface area contributed by atoms with Crippen LogP contribution in [-0.2, 0) is 13.0 Å². The van der Waals surface area contributed by atoms with Crippen molar-refractivity contribution in [2.45, 2.75) is 38.6 Å². The molecule has 0 unspecified atom stereocenters. The number of hydrogen-bond acceptors (Lipinski definition) is 5. The molecule has 0 saturated carbocycles. The van der Waals surface area contributed by atoms with Crippen LogP contribution in [0.15, 0.2) is 42.5 Å². The minimum Gasteiger partial charge on any atom is -0.502 e. The molecule has 0 spiro atoms. The summed E-state index contributed by atoms with van der Waals surface area (Å²) < 4.78 is 10.6. The van der Waals surface area contributed by atoms with E-state index in [1.807, 2.05) is 18.2 Å². The van der Waals surface area contributed by atoms with Crippen molar-refractivity contribution in [3.63, 3.8) is 0 Å². The van der Waals surface area contributed by atoms with Gasteiger partial charge in [0, 0.05) is 25.1 Å². The first-order valence-corrected chi connectivity index (χ1v) is 10.4. The zero-order valence-electron chi connectivity index (χ0n) is 17.6. The van der Waals surface area contributed by atoms with Gasteiger partial charge in [-0.15, -0.1) is 0 Å². The number of aromatic hydroxyl groups is 1. The third kappa shape index (κ3) is 5.43. The lowest BCUT2D eigenvalue weighted by molar-refractivity contribution is 0.0207. The van der Waals surface area contributed by atoms with Crippen molar-refractivity contribution in [2.75, 3.05) is 33.9 Å². The van der Waals surface area contributed by atoms with Gasteiger partial charge in [-0.3, -0.25) is 4.90 Å². The number of phenols is 1. The van der Waals surface area contributed by atoms with Gasteiger partial charge in [0.1, 0.15) is 0 Å². The van der Waals surface area contributed by atoms with Crippen LogP contribution >= 0.6 is 0 Å². The van der Waals surface area contributed by atoms with E-state index in [1.165, 1.54) is 5.56 Å². The van der Waals surface area contributed by atoms with Gasteiger partial charge in [-0.05, 0) is 61.9 Å². The highest BCUT2D eigenvalue weighted by molar-refractivity contribution is 5.52. The van der Waals surface area contributed by atoms with Gasteiger partial charge in [0.25, 0.3) is 0 Å². The van der Waals surface area contributed by atoms with E-state index in [9.17, 15) is 10.2 Å². The number of aliphatic hydroxyl groups is 1. The number of hydrogen-bond donors (Lipinski definition) is 2. The van der Waals surface area contributed by atoms with Crippen LogP contribution in [0.2, 0.25) is 0 Å². The zero-order chi connectivity index (χ0) is 20.7. The van der Waals surface area contributed by atoms with E-state index in [-0.39, 0.29) is 17.8 Å². The molecule has 2 aromatic rings. The van der Waals surface area contributed by atoms with Crippen LogP contribution in [0, 0.1) is 5.41 Å². The molecule has 158 valence electrons. The van der Waals surface area contributed by atoms with Crippen molar-refractivity contribution >= 4 is 0 Å². The molecule has 3 rings (SSSR count). The van der Waals surface area contributed by atoms with Crippen molar-refractivity contribution in [1.82, 2.24) is 4.90 Å². The van der Waals surface area contributed by atoms with E-state index in [2.05, 4.69) is 29.2 Å². The summed E-state index contributed by atoms with van der Waals surface area (Å²) in [6.45, 7) is 2.85. The van der Waals surface area contributed by atoms with Crippen molar-refractivity contribution in [1.29, 1.82) is 0 Å². The summed E-state index contributed by atoms with van der Waals surface area (Å²) in [6, 6.07) is 14.3. The van der Waals surface area contributed by atoms with Crippen molar-refractivity contribution < 1.29 is 19.7 Å². The number of benzene rings is 2. The van der Waals surface area contributed by atoms with Gasteiger partial charge in [0.15, 0.2) is 11.5 Å². The molecule has 0 radical (unpaired) electrons. The molecular weight excluding hydrogens is 366 g/mol. The minimum atomic E-state index is -0.0435. The van der Waals surface area contributed by atoms with E-state index in [1.54, 1.807) is 14.2 Å². The summed E-state index contributed by atoms with van der Waals surface area (Å²) in [5, 5.41) is 20.4. The van der Waals surface area contributed by atoms with Crippen LogP contribution in [0.3, 0.4) is 0 Å². The number of rotatable bonds is 9. The molecule has 1 aliphatic heterocycles. The lowest BCUT2D eigenvalue weighted by Crippen LogP contribution is -2.45. The Labute approximate surface area is 173 Å². The molecule has 1 aliphatic rings. The topological polar surface area (TPSA) is 62.2 Å². The normalized spacial score (nSPS) is 19.8. The number of nitrogens with zero attached hydrogens (tertiary/aromatic N) is 1. The fourth-order valence-corrected chi connectivity index (χ4v) is 4.47. The van der Waals surface area contributed by atoms with E-state index in [4.69, 9.17) is 9.47 Å². The number of piperidine rings is 1. The minimum absolute atomic E-state index is 0.0306. The molecule has 5 nitrogen and oxygen atoms in total. The molecule has 2 aromatic carbocycles. The summed E-state index contributed by atoms with van der Waals surface area (Å²) in [7, 11) is 3.09. The second-order valence-corrected chi connectivity index (χ2v) is 8.16. The van der Waals surface area contributed by atoms with Crippen LogP contribution in [0.25, 0.3) is 0 Å². The molecule has 1 atom stereocenters. The van der Waals surface area contributed by atoms with Gasteiger partial charge in [-0.25, -0.2) is 0 Å². The van der Waals surface area contributed by atoms with Gasteiger partial charge in [-0.1, -0.05) is 30.3 Å². The molecule has 1 fully saturated rings. The monoisotopic (exact) mass is 399 g/mol. The fraction of sp³-hybridized carbons (Fsp3) is 0.500. The molecule has 29 heavy (non-hydrogen) atoms. The first kappa shape index (κ1) is 21.5. The maximum absolute atomic E-state index is 10.2. The number of aryl methyl sites for hydroxylation is 1. The Bertz CT molecular complexity index is 755. The fourth-order valence-electron chi connectivity index (χ4n) is 4.47. The lowest BCUT2D eigenvalue weighted by Gasteiger charge is -2.42. The van der Waals surface area contributed by atoms with E-state index in [0.717, 1.165) is 57.3 Å². The highest BCUT2D eigenvalue weighted by Crippen LogP contribution is 2.39. The smallest absolute Gasteiger partial charge is 0.200 e. The average molecular weight is 400 g/mol. The molecule has 1 heterocycles. The van der Waals surface area contributed by atoms with Crippen LogP contribution in [0.5, 0.6) is 17.2 Å². The van der Waals surface area contributed by atoms with Gasteiger partial charge in [0.05, 0.1) is 14.2 Å². The van der Waals surface area contributed by atoms with Crippen LogP contribution in [0.4, 0.5) is 0 Å². The Morgan fingerprint density at radius 2 is 1.72 bits per heavy atom. The van der Waals surface area contributed by atoms with Crippen molar-refractivity contribution in [3.05, 3.63) is 53.6 Å². The molecular formula is C24H33NO4. The first-order chi connectivity index (χ1) is 14.1. The standard InChI is InChI=1S/C24H33NO4/c1-28-21-14-20(15-22(29-2)23(21)27)16-25-13-7-12-24(17-25,18-26)11-6-10-19-8-4-3-5-9-19/h3-5,8-9,14-15,26-27H,6-7,10-13,16-18H2,1-2H3/t24-/m1/s1. The summed E-state index contributed by atoms with van der Waals surface area (Å²) in [5.74, 6) is 0.878. The van der Waals surface area contributed by atoms with Crippen LogP contribution in [-0.4, -0.2) is 49.0 Å². The predicted octanol–water partition coefficient (Wildman–Crippen LogP) is 4.01. The summed E-state index contributed by atoms with van der Waals surface area (Å²) in [5.41, 5.74) is 2.35. The molecule has 1 saturated heterocycles. The van der Waals surface area contributed by atoms with Gasteiger partial charge in [-0.2, -0.15) is 0 Å². The molecule has 0 amide bonds. The van der Waals surface area contributed by atoms with Gasteiger partial charge in [0.2, 0.25) is 5.75 Å². The average Bonchev–Trinajstić information content (AvgIpc) is 2.76. The quantitative estimate of drug-likeness (QED) is 0.667. The Kier molecular flexibility index (Phi) is 7.40. The SMILES string of the molecule is COc1cc(CN2CCC[C@](CO)(CCCc3ccccc3)C2)cc(OC)c1O. The highest BCUT2D eigenvalue weighted by atomic mass is 16.5. The van der Waals surface area contributed by atoms with Crippen molar-refractivity contribution in [2.24, 2.45) is 5.41 Å². The number of likely N-dealkylation sites (tertiary alicyclic amines) is 1. The Balaban J connectivity index is 1.64. The Hall–Kier alpha value is -2.24. The maximum atomic E-state index is 10.2. The lowest BCUT2D eigenvalue weighted by atomic mass is 9.76. The molecule has 5 heteroatoms.